The van der Waals surface area contributed by atoms with E-state index in [0.717, 1.165) is 61.9 Å². The third-order valence-corrected chi connectivity index (χ3v) is 6.53. The average Bonchev–Trinajstić information content (AvgIpc) is 2.74. The summed E-state index contributed by atoms with van der Waals surface area (Å²) in [6.07, 6.45) is 1.08. The number of methoxy groups -OCH3 is 1. The van der Waals surface area contributed by atoms with Crippen LogP contribution in [0.15, 0.2) is 53.4 Å². The summed E-state index contributed by atoms with van der Waals surface area (Å²) in [6, 6.07) is 16.2. The molecule has 0 aromatic heterocycles. The van der Waals surface area contributed by atoms with Crippen LogP contribution in [0.4, 0.5) is 5.69 Å². The molecular formula is C22H27N3O2S. The van der Waals surface area contributed by atoms with Crippen molar-refractivity contribution in [1.82, 2.24) is 9.21 Å². The maximum atomic E-state index is 12.3. The van der Waals surface area contributed by atoms with E-state index in [0.29, 0.717) is 6.54 Å². The summed E-state index contributed by atoms with van der Waals surface area (Å²) in [5.74, 6) is 1.15. The summed E-state index contributed by atoms with van der Waals surface area (Å²) >= 11 is 1.72. The Morgan fingerprint density at radius 1 is 1.00 bits per heavy atom. The number of fused-ring (bicyclic) bond motifs is 1. The van der Waals surface area contributed by atoms with Gasteiger partial charge in [0.2, 0.25) is 0 Å². The highest BCUT2D eigenvalue weighted by molar-refractivity contribution is 7.97. The fourth-order valence-corrected chi connectivity index (χ4v) is 4.93. The minimum absolute atomic E-state index is 0.237. The predicted molar refractivity (Wildman–Crippen MR) is 114 cm³/mol. The topological polar surface area (TPSA) is 36.0 Å². The summed E-state index contributed by atoms with van der Waals surface area (Å²) in [4.78, 5) is 18.3. The molecule has 28 heavy (non-hydrogen) atoms. The van der Waals surface area contributed by atoms with Crippen LogP contribution < -0.4 is 9.64 Å². The zero-order valence-electron chi connectivity index (χ0n) is 16.3. The highest BCUT2D eigenvalue weighted by atomic mass is 32.2. The first-order valence-electron chi connectivity index (χ1n) is 9.89. The molecule has 2 aliphatic heterocycles. The number of ketones is 1. The second kappa shape index (κ2) is 8.99. The summed E-state index contributed by atoms with van der Waals surface area (Å²) in [6.45, 7) is 6.78. The Morgan fingerprint density at radius 3 is 2.64 bits per heavy atom. The van der Waals surface area contributed by atoms with Crippen LogP contribution in [0.1, 0.15) is 16.8 Å². The molecule has 0 radical (unpaired) electrons. The third kappa shape index (κ3) is 4.51. The van der Waals surface area contributed by atoms with Gasteiger partial charge in [-0.3, -0.25) is 9.69 Å². The van der Waals surface area contributed by atoms with Gasteiger partial charge in [0.05, 0.1) is 13.7 Å². The van der Waals surface area contributed by atoms with Gasteiger partial charge in [0.15, 0.2) is 5.78 Å². The van der Waals surface area contributed by atoms with E-state index < -0.39 is 0 Å². The minimum atomic E-state index is 0.237. The lowest BCUT2D eigenvalue weighted by Crippen LogP contribution is -2.47. The highest BCUT2D eigenvalue weighted by Gasteiger charge is 2.24. The van der Waals surface area contributed by atoms with Crippen LogP contribution in [0, 0.1) is 0 Å². The maximum absolute atomic E-state index is 12.3. The van der Waals surface area contributed by atoms with E-state index in [1.165, 1.54) is 5.69 Å². The van der Waals surface area contributed by atoms with E-state index in [4.69, 9.17) is 4.74 Å². The van der Waals surface area contributed by atoms with Crippen molar-refractivity contribution in [1.29, 1.82) is 0 Å². The molecule has 0 amide bonds. The van der Waals surface area contributed by atoms with Crippen LogP contribution in [0.2, 0.25) is 0 Å². The summed E-state index contributed by atoms with van der Waals surface area (Å²) in [5.41, 5.74) is 2.11. The molecule has 0 N–H and O–H groups in total. The third-order valence-electron chi connectivity index (χ3n) is 5.41. The fraction of sp³-hybridized carbons (Fsp3) is 0.409. The van der Waals surface area contributed by atoms with Crippen molar-refractivity contribution < 1.29 is 9.53 Å². The van der Waals surface area contributed by atoms with Gasteiger partial charge in [0.1, 0.15) is 5.75 Å². The standard InChI is InChI=1S/C22H27N3O2S/c1-27-19-7-4-6-18(16-19)24-14-12-23(13-15-24)10-5-11-25-17-21(26)20-8-2-3-9-22(20)28-25/h2-4,6-9,16H,5,10-15,17H2,1H3. The number of Topliss-reactive ketones (excluding diaryl/α,β-unsaturated/α-hetero) is 1. The van der Waals surface area contributed by atoms with E-state index in [1.54, 1.807) is 19.1 Å². The molecule has 2 heterocycles. The van der Waals surface area contributed by atoms with E-state index in [9.17, 15) is 4.79 Å². The van der Waals surface area contributed by atoms with Gasteiger partial charge in [-0.1, -0.05) is 24.3 Å². The zero-order valence-corrected chi connectivity index (χ0v) is 17.2. The molecule has 0 bridgehead atoms. The first-order chi connectivity index (χ1) is 13.7. The Balaban J connectivity index is 1.21. The van der Waals surface area contributed by atoms with Gasteiger partial charge in [0, 0.05) is 54.9 Å². The SMILES string of the molecule is COc1cccc(N2CCN(CCCN3CC(=O)c4ccccc4S3)CC2)c1. The van der Waals surface area contributed by atoms with E-state index >= 15 is 0 Å². The van der Waals surface area contributed by atoms with Crippen LogP contribution in [0.3, 0.4) is 0 Å². The number of piperazine rings is 1. The molecule has 1 fully saturated rings. The van der Waals surface area contributed by atoms with E-state index in [-0.39, 0.29) is 5.78 Å². The summed E-state index contributed by atoms with van der Waals surface area (Å²) < 4.78 is 7.54. The highest BCUT2D eigenvalue weighted by Crippen LogP contribution is 2.31. The molecule has 0 atom stereocenters. The molecule has 2 aliphatic rings. The number of rotatable bonds is 6. The molecule has 5 nitrogen and oxygen atoms in total. The molecular weight excluding hydrogens is 370 g/mol. The second-order valence-corrected chi connectivity index (χ2v) is 8.40. The van der Waals surface area contributed by atoms with Crippen molar-refractivity contribution in [2.75, 3.05) is 57.8 Å². The van der Waals surface area contributed by atoms with Crippen LogP contribution in [0.5, 0.6) is 5.75 Å². The zero-order chi connectivity index (χ0) is 19.3. The van der Waals surface area contributed by atoms with Crippen LogP contribution in [0.25, 0.3) is 0 Å². The number of hydrogen-bond acceptors (Lipinski definition) is 6. The Bertz CT molecular complexity index is 821. The first kappa shape index (κ1) is 19.3. The number of ether oxygens (including phenoxy) is 1. The number of benzene rings is 2. The molecule has 6 heteroatoms. The molecule has 148 valence electrons. The normalized spacial score (nSPS) is 18.2. The Labute approximate surface area is 171 Å². The molecule has 2 aromatic rings. The van der Waals surface area contributed by atoms with Gasteiger partial charge in [0.25, 0.3) is 0 Å². The Kier molecular flexibility index (Phi) is 6.20. The lowest BCUT2D eigenvalue weighted by atomic mass is 10.1. The quantitative estimate of drug-likeness (QED) is 0.695. The van der Waals surface area contributed by atoms with Crippen LogP contribution in [-0.2, 0) is 0 Å². The monoisotopic (exact) mass is 397 g/mol. The van der Waals surface area contributed by atoms with Crippen molar-refractivity contribution in [3.8, 4) is 5.75 Å². The summed E-state index contributed by atoms with van der Waals surface area (Å²) in [7, 11) is 1.71. The lowest BCUT2D eigenvalue weighted by molar-refractivity contribution is 0.0961. The number of anilines is 1. The van der Waals surface area contributed by atoms with Gasteiger partial charge in [-0.05, 0) is 43.1 Å². The fourth-order valence-electron chi connectivity index (χ4n) is 3.83. The van der Waals surface area contributed by atoms with Gasteiger partial charge in [-0.2, -0.15) is 0 Å². The molecule has 2 aromatic carbocycles. The molecule has 1 saturated heterocycles. The number of hydrogen-bond donors (Lipinski definition) is 0. The predicted octanol–water partition coefficient (Wildman–Crippen LogP) is 3.41. The maximum Gasteiger partial charge on any atom is 0.178 e. The molecule has 0 unspecified atom stereocenters. The van der Waals surface area contributed by atoms with Crippen molar-refractivity contribution in [2.24, 2.45) is 0 Å². The Hall–Kier alpha value is -2.02. The van der Waals surface area contributed by atoms with Crippen molar-refractivity contribution in [3.63, 3.8) is 0 Å². The molecule has 0 spiro atoms. The van der Waals surface area contributed by atoms with E-state index in [2.05, 4.69) is 32.3 Å². The summed E-state index contributed by atoms with van der Waals surface area (Å²) in [5, 5.41) is 0. The van der Waals surface area contributed by atoms with Gasteiger partial charge < -0.3 is 9.64 Å². The average molecular weight is 398 g/mol. The van der Waals surface area contributed by atoms with E-state index in [1.807, 2.05) is 30.3 Å². The molecule has 4 rings (SSSR count). The van der Waals surface area contributed by atoms with Gasteiger partial charge in [-0.25, -0.2) is 4.31 Å². The number of carbonyl (C=O) groups excluding carboxylic acids is 1. The van der Waals surface area contributed by atoms with Crippen molar-refractivity contribution in [3.05, 3.63) is 54.1 Å². The smallest absolute Gasteiger partial charge is 0.178 e. The van der Waals surface area contributed by atoms with Crippen LogP contribution in [-0.4, -0.2) is 67.9 Å². The Morgan fingerprint density at radius 2 is 1.82 bits per heavy atom. The van der Waals surface area contributed by atoms with Gasteiger partial charge >= 0.3 is 0 Å². The first-order valence-corrected chi connectivity index (χ1v) is 10.7. The van der Waals surface area contributed by atoms with Crippen molar-refractivity contribution in [2.45, 2.75) is 11.3 Å². The molecule has 0 saturated carbocycles. The molecule has 0 aliphatic carbocycles. The largest absolute Gasteiger partial charge is 0.497 e. The number of nitrogens with zero attached hydrogens (tertiary/aromatic N) is 3. The lowest BCUT2D eigenvalue weighted by Gasteiger charge is -2.36. The second-order valence-electron chi connectivity index (χ2n) is 7.26. The van der Waals surface area contributed by atoms with Crippen molar-refractivity contribution >= 4 is 23.4 Å². The van der Waals surface area contributed by atoms with Crippen LogP contribution >= 0.6 is 11.9 Å². The number of carbonyl (C=O) groups is 1. The minimum Gasteiger partial charge on any atom is -0.497 e. The van der Waals surface area contributed by atoms with Gasteiger partial charge in [-0.15, -0.1) is 0 Å².